The topological polar surface area (TPSA) is 9.23 Å². The quantitative estimate of drug-likeness (QED) is 0.549. The van der Waals surface area contributed by atoms with Crippen molar-refractivity contribution in [3.63, 3.8) is 0 Å². The van der Waals surface area contributed by atoms with Gasteiger partial charge >= 0.3 is 6.62 Å². The number of hydrogen-bond donors (Lipinski definition) is 2. The Morgan fingerprint density at radius 1 is 1.18 bits per heavy atom. The molecule has 0 rings (SSSR count). The molecule has 0 heterocycles. The molecule has 0 unspecified atom stereocenters. The first-order valence-electron chi connectivity index (χ1n) is 3.25. The van der Waals surface area contributed by atoms with Gasteiger partial charge in [0.1, 0.15) is 0 Å². The summed E-state index contributed by atoms with van der Waals surface area (Å²) in [4.78, 5) is 0. The van der Waals surface area contributed by atoms with E-state index in [0.29, 0.717) is 0 Å². The summed E-state index contributed by atoms with van der Waals surface area (Å²) in [6.45, 7) is 9.25. The molecule has 0 aromatic carbocycles. The monoisotopic (exact) mass is 222 g/mol. The largest absolute Gasteiger partial charge is 0.435 e. The van der Waals surface area contributed by atoms with Gasteiger partial charge in [-0.3, -0.25) is 0 Å². The first-order valence-corrected chi connectivity index (χ1v) is 10.8. The minimum Gasteiger partial charge on any atom is -0.435 e. The highest BCUT2D eigenvalue weighted by molar-refractivity contribution is 8.45. The van der Waals surface area contributed by atoms with Crippen LogP contribution in [-0.2, 0) is 4.12 Å². The standard InChI is InChI=1S/C6H14OS2Si2/c1-5-10(3,4)7-11(8,9)6-2/h5-6,8-9H,1-2H2,3-4H3. The molecule has 0 radical (unpaired) electrons. The zero-order chi connectivity index (χ0) is 9.12. The Morgan fingerprint density at radius 2 is 1.64 bits per heavy atom. The smallest absolute Gasteiger partial charge is 0.327 e. The van der Waals surface area contributed by atoms with E-state index in [1.54, 1.807) is 5.70 Å². The summed E-state index contributed by atoms with van der Waals surface area (Å²) in [5, 5.41) is 0. The van der Waals surface area contributed by atoms with Crippen LogP contribution in [-0.4, -0.2) is 14.9 Å². The van der Waals surface area contributed by atoms with Gasteiger partial charge in [0.2, 0.25) is 0 Å². The van der Waals surface area contributed by atoms with Crippen LogP contribution in [0.1, 0.15) is 0 Å². The maximum atomic E-state index is 5.69. The predicted molar refractivity (Wildman–Crippen MR) is 62.7 cm³/mol. The van der Waals surface area contributed by atoms with Crippen molar-refractivity contribution in [2.75, 3.05) is 0 Å². The van der Waals surface area contributed by atoms with E-state index in [2.05, 4.69) is 50.4 Å². The molecule has 0 aliphatic carbocycles. The van der Waals surface area contributed by atoms with E-state index in [0.717, 1.165) is 0 Å². The van der Waals surface area contributed by atoms with Gasteiger partial charge in [-0.2, -0.15) is 24.2 Å². The SMILES string of the molecule is C=C[Si](C)(C)O[Si](S)(S)C=C. The van der Waals surface area contributed by atoms with Gasteiger partial charge in [0.15, 0.2) is 8.32 Å². The minimum absolute atomic E-state index is 1.69. The molecule has 0 bridgehead atoms. The lowest BCUT2D eigenvalue weighted by Crippen LogP contribution is -2.39. The van der Waals surface area contributed by atoms with Crippen molar-refractivity contribution in [2.45, 2.75) is 13.1 Å². The Hall–Kier alpha value is 0.574. The summed E-state index contributed by atoms with van der Waals surface area (Å²) in [6, 6.07) is 0. The van der Waals surface area contributed by atoms with Crippen LogP contribution in [0.2, 0.25) is 13.1 Å². The van der Waals surface area contributed by atoms with Gasteiger partial charge in [-0.05, 0) is 13.1 Å². The minimum atomic E-state index is -2.19. The number of rotatable bonds is 4. The van der Waals surface area contributed by atoms with Crippen molar-refractivity contribution in [3.05, 3.63) is 24.6 Å². The van der Waals surface area contributed by atoms with Crippen LogP contribution in [0.5, 0.6) is 0 Å². The maximum absolute atomic E-state index is 5.69. The fourth-order valence-corrected chi connectivity index (χ4v) is 8.47. The highest BCUT2D eigenvalue weighted by atomic mass is 32.5. The van der Waals surface area contributed by atoms with E-state index < -0.39 is 14.9 Å². The van der Waals surface area contributed by atoms with Crippen LogP contribution >= 0.6 is 24.2 Å². The summed E-state index contributed by atoms with van der Waals surface area (Å²) < 4.78 is 5.69. The van der Waals surface area contributed by atoms with Crippen molar-refractivity contribution in [3.8, 4) is 0 Å². The Morgan fingerprint density at radius 3 is 1.91 bits per heavy atom. The van der Waals surface area contributed by atoms with Crippen LogP contribution in [0.25, 0.3) is 0 Å². The Kier molecular flexibility index (Phi) is 4.20. The van der Waals surface area contributed by atoms with E-state index in [1.165, 1.54) is 0 Å². The van der Waals surface area contributed by atoms with Crippen LogP contribution in [0, 0.1) is 0 Å². The van der Waals surface area contributed by atoms with Gasteiger partial charge in [0.25, 0.3) is 0 Å². The lowest BCUT2D eigenvalue weighted by atomic mass is 11.3. The second kappa shape index (κ2) is 4.00. The van der Waals surface area contributed by atoms with Gasteiger partial charge in [-0.1, -0.05) is 11.4 Å². The summed E-state index contributed by atoms with van der Waals surface area (Å²) in [6.07, 6.45) is 0. The predicted octanol–water partition coefficient (Wildman–Crippen LogP) is 2.46. The van der Waals surface area contributed by atoms with Crippen LogP contribution in [0.15, 0.2) is 24.6 Å². The summed E-state index contributed by atoms with van der Waals surface area (Å²) in [5.74, 6) is 0. The number of hydrogen-bond acceptors (Lipinski definition) is 3. The summed E-state index contributed by atoms with van der Waals surface area (Å²) in [5.41, 5.74) is 3.56. The highest BCUT2D eigenvalue weighted by Gasteiger charge is 2.30. The first kappa shape index (κ1) is 11.6. The lowest BCUT2D eigenvalue weighted by molar-refractivity contribution is 0.603. The average molecular weight is 222 g/mol. The Labute approximate surface area is 80.9 Å². The molecule has 5 heteroatoms. The van der Waals surface area contributed by atoms with E-state index in [9.17, 15) is 0 Å². The zero-order valence-electron chi connectivity index (χ0n) is 6.87. The third-order valence-corrected chi connectivity index (χ3v) is 8.73. The molecule has 0 aromatic rings. The fraction of sp³-hybridized carbons (Fsp3) is 0.333. The maximum Gasteiger partial charge on any atom is 0.327 e. The summed E-state index contributed by atoms with van der Waals surface area (Å²) in [7, 11) is -1.73. The molecule has 0 atom stereocenters. The molecule has 0 aliphatic rings. The van der Waals surface area contributed by atoms with E-state index in [4.69, 9.17) is 4.12 Å². The molecule has 1 nitrogen and oxygen atoms in total. The molecule has 11 heavy (non-hydrogen) atoms. The highest BCUT2D eigenvalue weighted by Crippen LogP contribution is 2.22. The molecule has 0 aliphatic heterocycles. The Balaban J connectivity index is 4.23. The van der Waals surface area contributed by atoms with Crippen molar-refractivity contribution in [1.82, 2.24) is 0 Å². The van der Waals surface area contributed by atoms with Crippen molar-refractivity contribution < 1.29 is 4.12 Å². The second-order valence-electron chi connectivity index (χ2n) is 2.77. The van der Waals surface area contributed by atoms with Gasteiger partial charge in [-0.15, -0.1) is 13.2 Å². The van der Waals surface area contributed by atoms with Crippen LogP contribution in [0.3, 0.4) is 0 Å². The molecule has 0 aromatic heterocycles. The van der Waals surface area contributed by atoms with Gasteiger partial charge < -0.3 is 4.12 Å². The zero-order valence-corrected chi connectivity index (χ0v) is 10.7. The van der Waals surface area contributed by atoms with Gasteiger partial charge in [0.05, 0.1) is 0 Å². The van der Waals surface area contributed by atoms with Crippen LogP contribution in [0.4, 0.5) is 0 Å². The first-order chi connectivity index (χ1) is 4.83. The van der Waals surface area contributed by atoms with E-state index in [-0.39, 0.29) is 0 Å². The van der Waals surface area contributed by atoms with E-state index >= 15 is 0 Å². The molecule has 0 fully saturated rings. The van der Waals surface area contributed by atoms with Crippen molar-refractivity contribution >= 4 is 39.1 Å². The molecule has 0 spiro atoms. The molecule has 0 N–H and O–H groups in total. The lowest BCUT2D eigenvalue weighted by Gasteiger charge is -2.26. The van der Waals surface area contributed by atoms with Gasteiger partial charge in [0, 0.05) is 0 Å². The third-order valence-electron chi connectivity index (χ3n) is 1.17. The molecule has 0 saturated carbocycles. The number of thiol groups is 2. The molecule has 0 amide bonds. The normalized spacial score (nSPS) is 12.7. The molecule has 0 saturated heterocycles. The third kappa shape index (κ3) is 4.92. The molecular formula is C6H14OS2Si2. The van der Waals surface area contributed by atoms with Crippen molar-refractivity contribution in [2.24, 2.45) is 0 Å². The van der Waals surface area contributed by atoms with Crippen molar-refractivity contribution in [1.29, 1.82) is 0 Å². The van der Waals surface area contributed by atoms with Crippen LogP contribution < -0.4 is 0 Å². The molecule has 64 valence electrons. The Bertz CT molecular complexity index is 150. The van der Waals surface area contributed by atoms with E-state index in [1.807, 2.05) is 5.70 Å². The molecular weight excluding hydrogens is 208 g/mol. The summed E-state index contributed by atoms with van der Waals surface area (Å²) >= 11 is 8.57. The second-order valence-corrected chi connectivity index (χ2v) is 14.0. The van der Waals surface area contributed by atoms with Gasteiger partial charge in [-0.25, -0.2) is 0 Å². The average Bonchev–Trinajstić information content (AvgIpc) is 1.86. The fourth-order valence-electron chi connectivity index (χ4n) is 0.470.